The van der Waals surface area contributed by atoms with E-state index < -0.39 is 0 Å². The summed E-state index contributed by atoms with van der Waals surface area (Å²) in [5, 5.41) is 10.8. The zero-order valence-corrected chi connectivity index (χ0v) is 17.5. The van der Waals surface area contributed by atoms with Gasteiger partial charge in [0.2, 0.25) is 0 Å². The summed E-state index contributed by atoms with van der Waals surface area (Å²) in [5.41, 5.74) is 2.39. The predicted molar refractivity (Wildman–Crippen MR) is 116 cm³/mol. The molecule has 2 heterocycles. The molecule has 4 nitrogen and oxygen atoms in total. The lowest BCUT2D eigenvalue weighted by Gasteiger charge is -2.26. The molecule has 4 rings (SSSR count). The Balaban J connectivity index is 1.55. The number of hydrogen-bond donors (Lipinski definition) is 0. The maximum absolute atomic E-state index is 6.33. The van der Waals surface area contributed by atoms with Crippen molar-refractivity contribution in [2.45, 2.75) is 43.3 Å². The van der Waals surface area contributed by atoms with E-state index in [1.165, 1.54) is 24.8 Å². The van der Waals surface area contributed by atoms with Crippen LogP contribution in [0.1, 0.15) is 36.2 Å². The minimum Gasteiger partial charge on any atom is -0.300 e. The number of rotatable bonds is 7. The van der Waals surface area contributed by atoms with Crippen molar-refractivity contribution < 1.29 is 0 Å². The standard InChI is InChI=1S/C22H25ClN4S/c23-20-12-6-5-11-19(20)17-28-22-25-24-21(16-26-13-7-2-8-14-26)27(22)15-18-9-3-1-4-10-18/h1,3-6,9-12H,2,7-8,13-17H2. The molecule has 1 aliphatic rings. The summed E-state index contributed by atoms with van der Waals surface area (Å²) in [6.45, 7) is 3.97. The SMILES string of the molecule is Clc1ccccc1CSc1nnc(CN2CCCCC2)n1Cc1ccccc1. The van der Waals surface area contributed by atoms with Gasteiger partial charge in [-0.1, -0.05) is 78.3 Å². The second-order valence-corrected chi connectivity index (χ2v) is 8.54. The van der Waals surface area contributed by atoms with Crippen molar-refractivity contribution in [1.82, 2.24) is 19.7 Å². The van der Waals surface area contributed by atoms with Gasteiger partial charge < -0.3 is 4.57 Å². The Hall–Kier alpha value is -1.82. The molecule has 1 aromatic heterocycles. The van der Waals surface area contributed by atoms with Gasteiger partial charge in [0.1, 0.15) is 5.82 Å². The lowest BCUT2D eigenvalue weighted by molar-refractivity contribution is 0.213. The summed E-state index contributed by atoms with van der Waals surface area (Å²) in [7, 11) is 0. The van der Waals surface area contributed by atoms with Crippen LogP contribution in [0.15, 0.2) is 59.8 Å². The first-order chi connectivity index (χ1) is 13.8. The molecule has 0 radical (unpaired) electrons. The first-order valence-corrected chi connectivity index (χ1v) is 11.2. The largest absolute Gasteiger partial charge is 0.300 e. The number of halogens is 1. The first-order valence-electron chi connectivity index (χ1n) is 9.84. The number of likely N-dealkylation sites (tertiary alicyclic amines) is 1. The molecule has 0 unspecified atom stereocenters. The van der Waals surface area contributed by atoms with Gasteiger partial charge in [-0.15, -0.1) is 10.2 Å². The third kappa shape index (κ3) is 4.96. The van der Waals surface area contributed by atoms with Crippen LogP contribution in [0.3, 0.4) is 0 Å². The summed E-state index contributed by atoms with van der Waals surface area (Å²) in [4.78, 5) is 2.50. The average Bonchev–Trinajstić information content (AvgIpc) is 3.10. The van der Waals surface area contributed by atoms with Crippen LogP contribution in [0.2, 0.25) is 5.02 Å². The number of hydrogen-bond acceptors (Lipinski definition) is 4. The van der Waals surface area contributed by atoms with Crippen LogP contribution in [0.4, 0.5) is 0 Å². The Kier molecular flexibility index (Phi) is 6.68. The second-order valence-electron chi connectivity index (χ2n) is 7.19. The highest BCUT2D eigenvalue weighted by atomic mass is 35.5. The van der Waals surface area contributed by atoms with Crippen LogP contribution in [0, 0.1) is 0 Å². The lowest BCUT2D eigenvalue weighted by atomic mass is 10.1. The van der Waals surface area contributed by atoms with E-state index >= 15 is 0 Å². The zero-order valence-electron chi connectivity index (χ0n) is 15.9. The lowest BCUT2D eigenvalue weighted by Crippen LogP contribution is -2.30. The number of benzene rings is 2. The Bertz CT molecular complexity index is 891. The van der Waals surface area contributed by atoms with Gasteiger partial charge in [-0.05, 0) is 43.1 Å². The Labute approximate surface area is 175 Å². The van der Waals surface area contributed by atoms with Gasteiger partial charge in [-0.25, -0.2) is 0 Å². The van der Waals surface area contributed by atoms with Gasteiger partial charge in [-0.3, -0.25) is 4.90 Å². The van der Waals surface area contributed by atoms with Crippen molar-refractivity contribution >= 4 is 23.4 Å². The summed E-state index contributed by atoms with van der Waals surface area (Å²) in [5.74, 6) is 1.84. The van der Waals surface area contributed by atoms with Crippen molar-refractivity contribution in [3.8, 4) is 0 Å². The van der Waals surface area contributed by atoms with Crippen molar-refractivity contribution in [2.75, 3.05) is 13.1 Å². The highest BCUT2D eigenvalue weighted by Gasteiger charge is 2.18. The fraction of sp³-hybridized carbons (Fsp3) is 0.364. The Morgan fingerprint density at radius 2 is 1.61 bits per heavy atom. The minimum atomic E-state index is 0.788. The quantitative estimate of drug-likeness (QED) is 0.496. The molecule has 6 heteroatoms. The molecule has 0 saturated carbocycles. The van der Waals surface area contributed by atoms with Crippen molar-refractivity contribution in [3.63, 3.8) is 0 Å². The summed E-state index contributed by atoms with van der Waals surface area (Å²) in [6, 6.07) is 18.5. The molecule has 1 fully saturated rings. The van der Waals surface area contributed by atoms with Gasteiger partial charge in [0, 0.05) is 10.8 Å². The number of thioether (sulfide) groups is 1. The molecule has 2 aromatic carbocycles. The van der Waals surface area contributed by atoms with Gasteiger partial charge in [0.25, 0.3) is 0 Å². The molecule has 1 aliphatic heterocycles. The maximum atomic E-state index is 6.33. The van der Waals surface area contributed by atoms with Crippen LogP contribution in [0.5, 0.6) is 0 Å². The molecule has 0 N–H and O–H groups in total. The number of piperidine rings is 1. The van der Waals surface area contributed by atoms with Gasteiger partial charge in [-0.2, -0.15) is 0 Å². The normalized spacial score (nSPS) is 15.0. The summed E-state index contributed by atoms with van der Waals surface area (Å²) >= 11 is 8.03. The Morgan fingerprint density at radius 1 is 0.857 bits per heavy atom. The third-order valence-corrected chi connectivity index (χ3v) is 6.49. The fourth-order valence-corrected chi connectivity index (χ4v) is 4.79. The van der Waals surface area contributed by atoms with E-state index in [2.05, 4.69) is 56.1 Å². The van der Waals surface area contributed by atoms with Crippen LogP contribution >= 0.6 is 23.4 Å². The molecule has 146 valence electrons. The Morgan fingerprint density at radius 3 is 2.39 bits per heavy atom. The molecular formula is C22H25ClN4S. The smallest absolute Gasteiger partial charge is 0.191 e. The summed E-state index contributed by atoms with van der Waals surface area (Å²) < 4.78 is 2.27. The molecular weight excluding hydrogens is 388 g/mol. The maximum Gasteiger partial charge on any atom is 0.191 e. The van der Waals surface area contributed by atoms with Crippen LogP contribution in [-0.4, -0.2) is 32.8 Å². The molecule has 0 atom stereocenters. The van der Waals surface area contributed by atoms with E-state index in [1.54, 1.807) is 11.8 Å². The highest BCUT2D eigenvalue weighted by molar-refractivity contribution is 7.98. The van der Waals surface area contributed by atoms with E-state index in [0.29, 0.717) is 0 Å². The fourth-order valence-electron chi connectivity index (χ4n) is 3.54. The van der Waals surface area contributed by atoms with Crippen molar-refractivity contribution in [2.24, 2.45) is 0 Å². The average molecular weight is 413 g/mol. The first kappa shape index (κ1) is 19.5. The van der Waals surface area contributed by atoms with E-state index in [0.717, 1.165) is 53.5 Å². The molecule has 3 aromatic rings. The van der Waals surface area contributed by atoms with Crippen LogP contribution in [-0.2, 0) is 18.8 Å². The monoisotopic (exact) mass is 412 g/mol. The highest BCUT2D eigenvalue weighted by Crippen LogP contribution is 2.27. The van der Waals surface area contributed by atoms with Gasteiger partial charge in [0.15, 0.2) is 5.16 Å². The number of nitrogens with zero attached hydrogens (tertiary/aromatic N) is 4. The van der Waals surface area contributed by atoms with Gasteiger partial charge in [0.05, 0.1) is 13.1 Å². The van der Waals surface area contributed by atoms with Crippen molar-refractivity contribution in [1.29, 1.82) is 0 Å². The predicted octanol–water partition coefficient (Wildman–Crippen LogP) is 5.26. The van der Waals surface area contributed by atoms with Crippen LogP contribution in [0.25, 0.3) is 0 Å². The van der Waals surface area contributed by atoms with E-state index in [-0.39, 0.29) is 0 Å². The molecule has 28 heavy (non-hydrogen) atoms. The van der Waals surface area contributed by atoms with E-state index in [1.807, 2.05) is 18.2 Å². The molecule has 0 aliphatic carbocycles. The van der Waals surface area contributed by atoms with Crippen molar-refractivity contribution in [3.05, 3.63) is 76.6 Å². The zero-order chi connectivity index (χ0) is 19.2. The topological polar surface area (TPSA) is 34.0 Å². The summed E-state index contributed by atoms with van der Waals surface area (Å²) in [6.07, 6.45) is 3.90. The minimum absolute atomic E-state index is 0.788. The number of aromatic nitrogens is 3. The second kappa shape index (κ2) is 9.59. The molecule has 0 spiro atoms. The molecule has 1 saturated heterocycles. The van der Waals surface area contributed by atoms with Gasteiger partial charge >= 0.3 is 0 Å². The van der Waals surface area contributed by atoms with E-state index in [9.17, 15) is 0 Å². The third-order valence-electron chi connectivity index (χ3n) is 5.11. The molecule has 0 amide bonds. The molecule has 0 bridgehead atoms. The van der Waals surface area contributed by atoms with Crippen LogP contribution < -0.4 is 0 Å². The van der Waals surface area contributed by atoms with E-state index in [4.69, 9.17) is 11.6 Å².